The molecule has 0 saturated carbocycles. The monoisotopic (exact) mass is 317 g/mol. The number of carbonyl (C=O) groups is 2. The van der Waals surface area contributed by atoms with E-state index >= 15 is 0 Å². The highest BCUT2D eigenvalue weighted by Gasteiger charge is 2.34. The summed E-state index contributed by atoms with van der Waals surface area (Å²) < 4.78 is 0. The smallest absolute Gasteiger partial charge is 0.331 e. The third-order valence-electron chi connectivity index (χ3n) is 3.29. The molecule has 1 atom stereocenters. The number of rotatable bonds is 3. The van der Waals surface area contributed by atoms with Crippen molar-refractivity contribution in [3.8, 4) is 0 Å². The van der Waals surface area contributed by atoms with Gasteiger partial charge in [-0.2, -0.15) is 0 Å². The van der Waals surface area contributed by atoms with Gasteiger partial charge in [-0.15, -0.1) is 5.11 Å². The van der Waals surface area contributed by atoms with E-state index in [1.807, 2.05) is 31.2 Å². The zero-order valence-electron chi connectivity index (χ0n) is 12.9. The lowest BCUT2D eigenvalue weighted by atomic mass is 9.80. The third-order valence-corrected chi connectivity index (χ3v) is 3.29. The topological polar surface area (TPSA) is 125 Å². The number of hydrogen-bond donors (Lipinski definition) is 3. The molecule has 1 aromatic rings. The van der Waals surface area contributed by atoms with Gasteiger partial charge in [0.25, 0.3) is 0 Å². The lowest BCUT2D eigenvalue weighted by Crippen LogP contribution is -2.28. The predicted octanol–water partition coefficient (Wildman–Crippen LogP) is 3.00. The minimum absolute atomic E-state index is 0.0359. The average molecular weight is 317 g/mol. The predicted molar refractivity (Wildman–Crippen MR) is 85.1 cm³/mol. The second-order valence-electron chi connectivity index (χ2n) is 5.31. The quantitative estimate of drug-likeness (QED) is 0.449. The van der Waals surface area contributed by atoms with E-state index < -0.39 is 17.4 Å². The van der Waals surface area contributed by atoms with Gasteiger partial charge in [-0.3, -0.25) is 4.79 Å². The number of aliphatic carboxylic acids is 2. The van der Waals surface area contributed by atoms with Crippen LogP contribution in [0.3, 0.4) is 0 Å². The zero-order valence-corrected chi connectivity index (χ0v) is 12.9. The molecule has 0 bridgehead atoms. The van der Waals surface area contributed by atoms with Crippen molar-refractivity contribution in [2.24, 2.45) is 21.6 Å². The van der Waals surface area contributed by atoms with E-state index in [-0.39, 0.29) is 12.0 Å². The van der Waals surface area contributed by atoms with E-state index in [0.717, 1.165) is 5.69 Å². The number of carboxylic acids is 2. The van der Waals surface area contributed by atoms with E-state index in [2.05, 4.69) is 10.3 Å². The second-order valence-corrected chi connectivity index (χ2v) is 5.31. The molecule has 0 radical (unpaired) electrons. The molecular formula is C16H19N3O4. The number of hydrogen-bond acceptors (Lipinski definition) is 4. The lowest BCUT2D eigenvalue weighted by Gasteiger charge is -2.23. The van der Waals surface area contributed by atoms with Crippen LogP contribution in [-0.4, -0.2) is 22.2 Å². The van der Waals surface area contributed by atoms with Crippen molar-refractivity contribution < 1.29 is 19.8 Å². The Morgan fingerprint density at radius 1 is 1.22 bits per heavy atom. The average Bonchev–Trinajstić information content (AvgIpc) is 2.50. The number of nitrogens with zero attached hydrogens (tertiary/aromatic N) is 2. The van der Waals surface area contributed by atoms with Crippen LogP contribution in [0.4, 0.5) is 5.69 Å². The first-order chi connectivity index (χ1) is 10.8. The molecule has 4 N–H and O–H groups in total. The number of aryl methyl sites for hydroxylation is 1. The first-order valence-electron chi connectivity index (χ1n) is 6.81. The minimum atomic E-state index is -1.08. The number of carboxylic acid groups (broad SMARTS) is 2. The van der Waals surface area contributed by atoms with E-state index in [9.17, 15) is 9.59 Å². The molecule has 1 aliphatic carbocycles. The van der Waals surface area contributed by atoms with E-state index in [1.54, 1.807) is 0 Å². The van der Waals surface area contributed by atoms with Crippen molar-refractivity contribution in [3.63, 3.8) is 0 Å². The standard InChI is InChI=1S/C9H10O4.C7H9N3/c1-9(8(12)13)4-2-3-6(5-9)7(10)11;1-6-2-4-7(5-3-6)9-10-8/h2-4H,5H2,1H3,(H,10,11)(H,12,13);2-5H,1H3,(H2,8,9). The summed E-state index contributed by atoms with van der Waals surface area (Å²) in [5, 5.41) is 24.3. The Balaban J connectivity index is 0.000000238. The molecule has 1 unspecified atom stereocenters. The van der Waals surface area contributed by atoms with Crippen LogP contribution in [0.2, 0.25) is 0 Å². The summed E-state index contributed by atoms with van der Waals surface area (Å²) in [6, 6.07) is 7.66. The highest BCUT2D eigenvalue weighted by atomic mass is 16.4. The van der Waals surface area contributed by atoms with Gasteiger partial charge < -0.3 is 16.1 Å². The molecule has 1 aromatic carbocycles. The maximum Gasteiger partial charge on any atom is 0.331 e. The van der Waals surface area contributed by atoms with Gasteiger partial charge in [-0.25, -0.2) is 4.79 Å². The van der Waals surface area contributed by atoms with Crippen molar-refractivity contribution in [3.05, 3.63) is 53.6 Å². The van der Waals surface area contributed by atoms with Crippen molar-refractivity contribution in [2.75, 3.05) is 0 Å². The van der Waals surface area contributed by atoms with Crippen molar-refractivity contribution >= 4 is 17.6 Å². The molecule has 0 fully saturated rings. The molecule has 0 heterocycles. The molecule has 0 aliphatic heterocycles. The summed E-state index contributed by atoms with van der Waals surface area (Å²) in [5.74, 6) is 2.79. The number of allylic oxidation sites excluding steroid dienone is 2. The van der Waals surface area contributed by atoms with Crippen molar-refractivity contribution in [1.29, 1.82) is 0 Å². The van der Waals surface area contributed by atoms with E-state index in [4.69, 9.17) is 16.1 Å². The van der Waals surface area contributed by atoms with Gasteiger partial charge in [-0.05, 0) is 32.4 Å². The molecule has 1 aliphatic rings. The molecule has 122 valence electrons. The Labute approximate surface area is 133 Å². The minimum Gasteiger partial charge on any atom is -0.481 e. The van der Waals surface area contributed by atoms with Crippen LogP contribution in [0.15, 0.2) is 58.4 Å². The third kappa shape index (κ3) is 5.39. The Morgan fingerprint density at radius 3 is 2.30 bits per heavy atom. The van der Waals surface area contributed by atoms with Gasteiger partial charge in [0, 0.05) is 5.57 Å². The van der Waals surface area contributed by atoms with Crippen LogP contribution in [-0.2, 0) is 9.59 Å². The molecule has 0 aromatic heterocycles. The summed E-state index contributed by atoms with van der Waals surface area (Å²) >= 11 is 0. The fourth-order valence-corrected chi connectivity index (χ4v) is 1.86. The normalized spacial score (nSPS) is 19.7. The van der Waals surface area contributed by atoms with E-state index in [0.29, 0.717) is 0 Å². The molecule has 0 spiro atoms. The fourth-order valence-electron chi connectivity index (χ4n) is 1.86. The molecular weight excluding hydrogens is 298 g/mol. The highest BCUT2D eigenvalue weighted by Crippen LogP contribution is 2.31. The summed E-state index contributed by atoms with van der Waals surface area (Å²) in [6.07, 6.45) is 4.43. The fraction of sp³-hybridized carbons (Fsp3) is 0.250. The Hall–Kier alpha value is -2.96. The molecule has 7 heteroatoms. The largest absolute Gasteiger partial charge is 0.481 e. The van der Waals surface area contributed by atoms with Crippen LogP contribution >= 0.6 is 0 Å². The second kappa shape index (κ2) is 7.88. The molecule has 2 rings (SSSR count). The summed E-state index contributed by atoms with van der Waals surface area (Å²) in [7, 11) is 0. The molecule has 7 nitrogen and oxygen atoms in total. The summed E-state index contributed by atoms with van der Waals surface area (Å²) in [4.78, 5) is 21.3. The Bertz CT molecular complexity index is 662. The van der Waals surface area contributed by atoms with Gasteiger partial charge in [-0.1, -0.05) is 41.1 Å². The van der Waals surface area contributed by atoms with Crippen LogP contribution in [0.25, 0.3) is 0 Å². The van der Waals surface area contributed by atoms with Gasteiger partial charge in [0.1, 0.15) is 0 Å². The summed E-state index contributed by atoms with van der Waals surface area (Å²) in [5.41, 5.74) is 1.04. The first kappa shape index (κ1) is 18.1. The Morgan fingerprint density at radius 2 is 1.83 bits per heavy atom. The highest BCUT2D eigenvalue weighted by molar-refractivity contribution is 5.90. The zero-order chi connectivity index (χ0) is 17.5. The Kier molecular flexibility index (Phi) is 6.20. The van der Waals surface area contributed by atoms with Crippen molar-refractivity contribution in [2.45, 2.75) is 20.3 Å². The number of nitrogens with two attached hydrogens (primary N) is 1. The summed E-state index contributed by atoms with van der Waals surface area (Å²) in [6.45, 7) is 3.52. The maximum absolute atomic E-state index is 10.8. The number of benzene rings is 1. The van der Waals surface area contributed by atoms with Crippen LogP contribution in [0.1, 0.15) is 18.9 Å². The first-order valence-corrected chi connectivity index (χ1v) is 6.81. The van der Waals surface area contributed by atoms with Gasteiger partial charge in [0.2, 0.25) is 0 Å². The van der Waals surface area contributed by atoms with Crippen molar-refractivity contribution in [1.82, 2.24) is 0 Å². The van der Waals surface area contributed by atoms with Gasteiger partial charge in [0.15, 0.2) is 0 Å². The van der Waals surface area contributed by atoms with Crippen LogP contribution in [0.5, 0.6) is 0 Å². The van der Waals surface area contributed by atoms with Gasteiger partial charge in [0.05, 0.1) is 11.1 Å². The molecule has 23 heavy (non-hydrogen) atoms. The van der Waals surface area contributed by atoms with Gasteiger partial charge >= 0.3 is 11.9 Å². The van der Waals surface area contributed by atoms with Crippen LogP contribution in [0, 0.1) is 12.3 Å². The molecule has 0 saturated heterocycles. The lowest BCUT2D eigenvalue weighted by molar-refractivity contribution is -0.145. The maximum atomic E-state index is 10.8. The van der Waals surface area contributed by atoms with Crippen LogP contribution < -0.4 is 5.84 Å². The van der Waals surface area contributed by atoms with E-state index in [1.165, 1.54) is 30.7 Å². The SMILES string of the molecule is CC1(C(=O)O)C=CC=C(C(=O)O)C1.Cc1ccc(N=NN)cc1. The molecule has 0 amide bonds.